The summed E-state index contributed by atoms with van der Waals surface area (Å²) in [5, 5.41) is 12.9. The Bertz CT molecular complexity index is 1200. The molecule has 4 nitrogen and oxygen atoms in total. The summed E-state index contributed by atoms with van der Waals surface area (Å²) < 4.78 is 19.0. The molecule has 0 aliphatic carbocycles. The second-order valence-electron chi connectivity index (χ2n) is 6.62. The molecule has 31 heavy (non-hydrogen) atoms. The van der Waals surface area contributed by atoms with Crippen molar-refractivity contribution in [3.63, 3.8) is 0 Å². The zero-order valence-corrected chi connectivity index (χ0v) is 18.0. The predicted molar refractivity (Wildman–Crippen MR) is 121 cm³/mol. The first kappa shape index (κ1) is 22.4. The number of hydrogen-bond acceptors (Lipinski definition) is 3. The molecule has 0 spiro atoms. The van der Waals surface area contributed by atoms with Gasteiger partial charge in [-0.2, -0.15) is 5.26 Å². The SMILES string of the molecule is COc1cc(/C=C(\C#N)C(=O)Nc2cccc(Cl)c2)cc(Cl)c1Cc1cccc(F)c1. The fourth-order valence-corrected chi connectivity index (χ4v) is 3.48. The number of carbonyl (C=O) groups is 1. The molecule has 0 radical (unpaired) electrons. The lowest BCUT2D eigenvalue weighted by molar-refractivity contribution is -0.112. The van der Waals surface area contributed by atoms with Gasteiger partial charge in [-0.05, 0) is 59.7 Å². The third kappa shape index (κ3) is 5.85. The first-order valence-electron chi connectivity index (χ1n) is 9.19. The van der Waals surface area contributed by atoms with Crippen LogP contribution in [-0.2, 0) is 11.2 Å². The Hall–Kier alpha value is -3.33. The van der Waals surface area contributed by atoms with E-state index in [2.05, 4.69) is 5.32 Å². The van der Waals surface area contributed by atoms with E-state index in [9.17, 15) is 14.4 Å². The molecule has 1 N–H and O–H groups in total. The molecule has 0 bridgehead atoms. The Kier molecular flexibility index (Phi) is 7.30. The van der Waals surface area contributed by atoms with E-state index >= 15 is 0 Å². The summed E-state index contributed by atoms with van der Waals surface area (Å²) >= 11 is 12.4. The molecule has 0 aliphatic rings. The molecule has 0 unspecified atom stereocenters. The van der Waals surface area contributed by atoms with E-state index in [1.54, 1.807) is 48.5 Å². The van der Waals surface area contributed by atoms with E-state index in [-0.39, 0.29) is 11.4 Å². The van der Waals surface area contributed by atoms with Gasteiger partial charge in [0.2, 0.25) is 0 Å². The summed E-state index contributed by atoms with van der Waals surface area (Å²) in [6.07, 6.45) is 1.78. The van der Waals surface area contributed by atoms with Crippen LogP contribution in [0.2, 0.25) is 10.0 Å². The van der Waals surface area contributed by atoms with Crippen LogP contribution in [0.3, 0.4) is 0 Å². The number of nitriles is 1. The van der Waals surface area contributed by atoms with Crippen LogP contribution in [0, 0.1) is 17.1 Å². The molecule has 3 aromatic carbocycles. The minimum atomic E-state index is -0.580. The Balaban J connectivity index is 1.89. The molecule has 0 saturated carbocycles. The van der Waals surface area contributed by atoms with Crippen LogP contribution in [0.4, 0.5) is 10.1 Å². The van der Waals surface area contributed by atoms with Crippen LogP contribution in [0.5, 0.6) is 5.75 Å². The Morgan fingerprint density at radius 2 is 1.94 bits per heavy atom. The van der Waals surface area contributed by atoms with Crippen LogP contribution in [0.25, 0.3) is 6.08 Å². The number of nitrogens with zero attached hydrogens (tertiary/aromatic N) is 1. The molecule has 0 aromatic heterocycles. The van der Waals surface area contributed by atoms with Gasteiger partial charge in [-0.15, -0.1) is 0 Å². The average Bonchev–Trinajstić information content (AvgIpc) is 2.73. The summed E-state index contributed by atoms with van der Waals surface area (Å²) in [7, 11) is 1.49. The maximum Gasteiger partial charge on any atom is 0.266 e. The fraction of sp³-hybridized carbons (Fsp3) is 0.0833. The topological polar surface area (TPSA) is 62.1 Å². The number of carbonyl (C=O) groups excluding carboxylic acids is 1. The molecule has 0 fully saturated rings. The second-order valence-corrected chi connectivity index (χ2v) is 7.47. The van der Waals surface area contributed by atoms with Gasteiger partial charge in [0, 0.05) is 27.7 Å². The maximum absolute atomic E-state index is 13.5. The standard InChI is InChI=1S/C24H17Cl2FN2O2/c1-31-23-12-16(11-22(26)21(23)10-15-4-2-6-19(27)9-15)8-17(14-28)24(30)29-20-7-3-5-18(25)13-20/h2-9,11-13H,10H2,1H3,(H,29,30)/b17-8+. The number of amides is 1. The summed E-state index contributed by atoms with van der Waals surface area (Å²) in [5.74, 6) is -0.448. The third-order valence-electron chi connectivity index (χ3n) is 4.43. The number of methoxy groups -OCH3 is 1. The van der Waals surface area contributed by atoms with Crippen LogP contribution in [-0.4, -0.2) is 13.0 Å². The summed E-state index contributed by atoms with van der Waals surface area (Å²) in [4.78, 5) is 12.5. The smallest absolute Gasteiger partial charge is 0.266 e. The second kappa shape index (κ2) is 10.1. The highest BCUT2D eigenvalue weighted by Gasteiger charge is 2.14. The van der Waals surface area contributed by atoms with E-state index in [4.69, 9.17) is 27.9 Å². The van der Waals surface area contributed by atoms with Gasteiger partial charge in [0.15, 0.2) is 0 Å². The van der Waals surface area contributed by atoms with Gasteiger partial charge in [0.25, 0.3) is 5.91 Å². The summed E-state index contributed by atoms with van der Waals surface area (Å²) in [5.41, 5.74) is 2.29. The van der Waals surface area contributed by atoms with Crippen LogP contribution in [0.15, 0.2) is 66.2 Å². The molecule has 3 aromatic rings. The zero-order valence-electron chi connectivity index (χ0n) is 16.5. The van der Waals surface area contributed by atoms with Crippen molar-refractivity contribution in [3.05, 3.63) is 98.8 Å². The van der Waals surface area contributed by atoms with E-state index < -0.39 is 5.91 Å². The molecule has 156 valence electrons. The average molecular weight is 455 g/mol. The van der Waals surface area contributed by atoms with E-state index in [0.717, 1.165) is 5.56 Å². The summed E-state index contributed by atoms with van der Waals surface area (Å²) in [6, 6.07) is 18.0. The Labute approximate surface area is 189 Å². The number of rotatable bonds is 6. The molecule has 0 atom stereocenters. The van der Waals surface area contributed by atoms with E-state index in [1.807, 2.05) is 6.07 Å². The van der Waals surface area contributed by atoms with Crippen molar-refractivity contribution in [2.24, 2.45) is 0 Å². The lowest BCUT2D eigenvalue weighted by atomic mass is 10.0. The highest BCUT2D eigenvalue weighted by Crippen LogP contribution is 2.32. The van der Waals surface area contributed by atoms with Crippen LogP contribution >= 0.6 is 23.2 Å². The Morgan fingerprint density at radius 3 is 2.61 bits per heavy atom. The first-order valence-corrected chi connectivity index (χ1v) is 9.94. The zero-order chi connectivity index (χ0) is 22.4. The maximum atomic E-state index is 13.5. The quantitative estimate of drug-likeness (QED) is 0.352. The largest absolute Gasteiger partial charge is 0.496 e. The normalized spacial score (nSPS) is 11.0. The Morgan fingerprint density at radius 1 is 1.16 bits per heavy atom. The molecule has 0 heterocycles. The molecule has 1 amide bonds. The molecular weight excluding hydrogens is 438 g/mol. The van der Waals surface area contributed by atoms with Crippen molar-refractivity contribution in [1.29, 1.82) is 5.26 Å². The molecule has 0 aliphatic heterocycles. The number of ether oxygens (including phenoxy) is 1. The monoisotopic (exact) mass is 454 g/mol. The van der Waals surface area contributed by atoms with Crippen molar-refractivity contribution < 1.29 is 13.9 Å². The highest BCUT2D eigenvalue weighted by atomic mass is 35.5. The van der Waals surface area contributed by atoms with Crippen LogP contribution < -0.4 is 10.1 Å². The number of benzene rings is 3. The molecular formula is C24H17Cl2FN2O2. The molecule has 0 saturated heterocycles. The van der Waals surface area contributed by atoms with E-state index in [0.29, 0.717) is 39.0 Å². The van der Waals surface area contributed by atoms with Crippen molar-refractivity contribution >= 4 is 40.9 Å². The van der Waals surface area contributed by atoms with Gasteiger partial charge >= 0.3 is 0 Å². The number of hydrogen-bond donors (Lipinski definition) is 1. The minimum absolute atomic E-state index is 0.115. The number of anilines is 1. The lowest BCUT2D eigenvalue weighted by Crippen LogP contribution is -2.13. The number of halogens is 3. The first-order chi connectivity index (χ1) is 14.9. The van der Waals surface area contributed by atoms with Crippen LogP contribution in [0.1, 0.15) is 16.7 Å². The molecule has 7 heteroatoms. The van der Waals surface area contributed by atoms with Crippen molar-refractivity contribution in [2.45, 2.75) is 6.42 Å². The summed E-state index contributed by atoms with van der Waals surface area (Å²) in [6.45, 7) is 0. The van der Waals surface area contributed by atoms with Gasteiger partial charge in [-0.3, -0.25) is 4.79 Å². The minimum Gasteiger partial charge on any atom is -0.496 e. The van der Waals surface area contributed by atoms with Gasteiger partial charge < -0.3 is 10.1 Å². The highest BCUT2D eigenvalue weighted by molar-refractivity contribution is 6.32. The van der Waals surface area contributed by atoms with Gasteiger partial charge in [0.1, 0.15) is 23.2 Å². The lowest BCUT2D eigenvalue weighted by Gasteiger charge is -2.12. The van der Waals surface area contributed by atoms with Gasteiger partial charge in [0.05, 0.1) is 7.11 Å². The van der Waals surface area contributed by atoms with E-state index in [1.165, 1.54) is 25.3 Å². The van der Waals surface area contributed by atoms with Crippen molar-refractivity contribution in [3.8, 4) is 11.8 Å². The van der Waals surface area contributed by atoms with Crippen molar-refractivity contribution in [2.75, 3.05) is 12.4 Å². The molecule has 3 rings (SSSR count). The fourth-order valence-electron chi connectivity index (χ4n) is 3.00. The van der Waals surface area contributed by atoms with Gasteiger partial charge in [-0.1, -0.05) is 41.4 Å². The third-order valence-corrected chi connectivity index (χ3v) is 5.00. The van der Waals surface area contributed by atoms with Crippen molar-refractivity contribution in [1.82, 2.24) is 0 Å². The predicted octanol–water partition coefficient (Wildman–Crippen LogP) is 6.28. The van der Waals surface area contributed by atoms with Gasteiger partial charge in [-0.25, -0.2) is 4.39 Å². The number of nitrogens with one attached hydrogen (secondary N) is 1.